The van der Waals surface area contributed by atoms with E-state index in [0.717, 1.165) is 31.5 Å². The van der Waals surface area contributed by atoms with Crippen LogP contribution in [-0.2, 0) is 11.2 Å². The third-order valence-corrected chi connectivity index (χ3v) is 4.12. The average molecular weight is 261 g/mol. The van der Waals surface area contributed by atoms with E-state index in [9.17, 15) is 9.90 Å². The summed E-state index contributed by atoms with van der Waals surface area (Å²) < 4.78 is 0. The van der Waals surface area contributed by atoms with Crippen LogP contribution in [0.15, 0.2) is 18.2 Å². The van der Waals surface area contributed by atoms with Gasteiger partial charge in [-0.2, -0.15) is 0 Å². The highest BCUT2D eigenvalue weighted by molar-refractivity contribution is 5.74. The molecular weight excluding hydrogens is 238 g/mol. The van der Waals surface area contributed by atoms with Gasteiger partial charge in [-0.15, -0.1) is 0 Å². The number of carbonyl (C=O) groups is 1. The first-order valence-electron chi connectivity index (χ1n) is 7.11. The van der Waals surface area contributed by atoms with Gasteiger partial charge in [-0.1, -0.05) is 24.6 Å². The molecule has 0 aromatic heterocycles. The molecule has 0 bridgehead atoms. The molecule has 19 heavy (non-hydrogen) atoms. The van der Waals surface area contributed by atoms with Crippen LogP contribution in [0.25, 0.3) is 0 Å². The van der Waals surface area contributed by atoms with Crippen molar-refractivity contribution in [2.24, 2.45) is 0 Å². The highest BCUT2D eigenvalue weighted by Gasteiger charge is 2.26. The molecule has 0 saturated carbocycles. The number of carboxylic acids is 1. The van der Waals surface area contributed by atoms with Crippen LogP contribution >= 0.6 is 0 Å². The lowest BCUT2D eigenvalue weighted by molar-refractivity contribution is -0.143. The molecule has 1 aromatic carbocycles. The molecule has 1 fully saturated rings. The van der Waals surface area contributed by atoms with E-state index in [0.29, 0.717) is 6.42 Å². The Morgan fingerprint density at radius 2 is 1.89 bits per heavy atom. The number of carboxylic acid groups (broad SMARTS) is 1. The lowest BCUT2D eigenvalue weighted by Gasteiger charge is -2.32. The van der Waals surface area contributed by atoms with Crippen molar-refractivity contribution in [3.8, 4) is 0 Å². The Hall–Kier alpha value is -1.35. The summed E-state index contributed by atoms with van der Waals surface area (Å²) in [6, 6.07) is 5.89. The average Bonchev–Trinajstić information content (AvgIpc) is 2.40. The van der Waals surface area contributed by atoms with Gasteiger partial charge < -0.3 is 5.11 Å². The van der Waals surface area contributed by atoms with Crippen molar-refractivity contribution in [1.29, 1.82) is 0 Å². The standard InChI is InChI=1S/C16H23NO2/c1-12-6-7-14(10-13(12)2)11-15(16(18)19)17-8-4-3-5-9-17/h6-7,10,15H,3-5,8-9,11H2,1-2H3,(H,18,19)/t15-/m0/s1. The maximum Gasteiger partial charge on any atom is 0.321 e. The van der Waals surface area contributed by atoms with Gasteiger partial charge in [0, 0.05) is 0 Å². The van der Waals surface area contributed by atoms with Gasteiger partial charge in [-0.05, 0) is 62.9 Å². The zero-order valence-electron chi connectivity index (χ0n) is 11.9. The summed E-state index contributed by atoms with van der Waals surface area (Å²) in [4.78, 5) is 13.6. The minimum Gasteiger partial charge on any atom is -0.480 e. The number of hydrogen-bond donors (Lipinski definition) is 1. The number of benzene rings is 1. The Morgan fingerprint density at radius 1 is 1.21 bits per heavy atom. The zero-order chi connectivity index (χ0) is 13.8. The second-order valence-corrected chi connectivity index (χ2v) is 5.57. The van der Waals surface area contributed by atoms with Crippen LogP contribution in [0, 0.1) is 13.8 Å². The van der Waals surface area contributed by atoms with Crippen LogP contribution < -0.4 is 0 Å². The molecule has 1 atom stereocenters. The number of likely N-dealkylation sites (tertiary alicyclic amines) is 1. The molecule has 104 valence electrons. The Labute approximate surface area is 115 Å². The van der Waals surface area contributed by atoms with E-state index in [1.807, 2.05) is 0 Å². The lowest BCUT2D eigenvalue weighted by atomic mass is 9.98. The molecule has 1 N–H and O–H groups in total. The van der Waals surface area contributed by atoms with E-state index in [-0.39, 0.29) is 6.04 Å². The fraction of sp³-hybridized carbons (Fsp3) is 0.562. The molecule has 1 saturated heterocycles. The van der Waals surface area contributed by atoms with Gasteiger partial charge in [-0.3, -0.25) is 9.69 Å². The largest absolute Gasteiger partial charge is 0.480 e. The molecule has 1 heterocycles. The van der Waals surface area contributed by atoms with Gasteiger partial charge in [0.2, 0.25) is 0 Å². The van der Waals surface area contributed by atoms with Gasteiger partial charge in [0.1, 0.15) is 6.04 Å². The summed E-state index contributed by atoms with van der Waals surface area (Å²) in [5.41, 5.74) is 3.62. The number of rotatable bonds is 4. The minimum absolute atomic E-state index is 0.373. The number of nitrogens with zero attached hydrogens (tertiary/aromatic N) is 1. The molecular formula is C16H23NO2. The van der Waals surface area contributed by atoms with Crippen LogP contribution in [0.1, 0.15) is 36.0 Å². The number of aliphatic carboxylic acids is 1. The fourth-order valence-electron chi connectivity index (χ4n) is 2.76. The first kappa shape index (κ1) is 14.1. The summed E-state index contributed by atoms with van der Waals surface area (Å²) in [5, 5.41) is 9.47. The smallest absolute Gasteiger partial charge is 0.321 e. The van der Waals surface area contributed by atoms with Crippen molar-refractivity contribution in [2.75, 3.05) is 13.1 Å². The van der Waals surface area contributed by atoms with E-state index in [2.05, 4.69) is 36.9 Å². The molecule has 0 unspecified atom stereocenters. The molecule has 1 aromatic rings. The topological polar surface area (TPSA) is 40.5 Å². The van der Waals surface area contributed by atoms with Crippen molar-refractivity contribution < 1.29 is 9.90 Å². The fourth-order valence-corrected chi connectivity index (χ4v) is 2.76. The van der Waals surface area contributed by atoms with Gasteiger partial charge >= 0.3 is 5.97 Å². The summed E-state index contributed by atoms with van der Waals surface area (Å²) in [6.07, 6.45) is 4.08. The van der Waals surface area contributed by atoms with Crippen molar-refractivity contribution >= 4 is 5.97 Å². The third kappa shape index (κ3) is 3.57. The Kier molecular flexibility index (Phi) is 4.59. The summed E-state index contributed by atoms with van der Waals surface area (Å²) in [5.74, 6) is -0.694. The van der Waals surface area contributed by atoms with Gasteiger partial charge in [0.25, 0.3) is 0 Å². The number of aryl methyl sites for hydroxylation is 2. The Balaban J connectivity index is 2.11. The maximum atomic E-state index is 11.5. The van der Waals surface area contributed by atoms with Crippen LogP contribution in [0.3, 0.4) is 0 Å². The highest BCUT2D eigenvalue weighted by atomic mass is 16.4. The molecule has 1 aliphatic rings. The van der Waals surface area contributed by atoms with Gasteiger partial charge in [0.15, 0.2) is 0 Å². The Morgan fingerprint density at radius 3 is 2.47 bits per heavy atom. The van der Waals surface area contributed by atoms with Crippen LogP contribution in [0.5, 0.6) is 0 Å². The second-order valence-electron chi connectivity index (χ2n) is 5.57. The second kappa shape index (κ2) is 6.20. The monoisotopic (exact) mass is 261 g/mol. The van der Waals surface area contributed by atoms with E-state index in [4.69, 9.17) is 0 Å². The zero-order valence-corrected chi connectivity index (χ0v) is 11.9. The van der Waals surface area contributed by atoms with E-state index < -0.39 is 5.97 Å². The van der Waals surface area contributed by atoms with Crippen molar-refractivity contribution in [1.82, 2.24) is 4.90 Å². The van der Waals surface area contributed by atoms with Gasteiger partial charge in [-0.25, -0.2) is 0 Å². The molecule has 1 aliphatic heterocycles. The maximum absolute atomic E-state index is 11.5. The molecule has 0 amide bonds. The summed E-state index contributed by atoms with van der Waals surface area (Å²) in [7, 11) is 0. The molecule has 0 spiro atoms. The lowest BCUT2D eigenvalue weighted by Crippen LogP contribution is -2.45. The molecule has 0 aliphatic carbocycles. The SMILES string of the molecule is Cc1ccc(C[C@@H](C(=O)O)N2CCCCC2)cc1C. The first-order chi connectivity index (χ1) is 9.08. The predicted octanol–water partition coefficient (Wildman–Crippen LogP) is 2.79. The predicted molar refractivity (Wildman–Crippen MR) is 76.5 cm³/mol. The quantitative estimate of drug-likeness (QED) is 0.906. The first-order valence-corrected chi connectivity index (χ1v) is 7.11. The summed E-state index contributed by atoms with van der Waals surface area (Å²) in [6.45, 7) is 6.00. The van der Waals surface area contributed by atoms with Crippen LogP contribution in [0.4, 0.5) is 0 Å². The van der Waals surface area contributed by atoms with E-state index >= 15 is 0 Å². The van der Waals surface area contributed by atoms with Gasteiger partial charge in [0.05, 0.1) is 0 Å². The molecule has 3 heteroatoms. The molecule has 3 nitrogen and oxygen atoms in total. The van der Waals surface area contributed by atoms with Crippen molar-refractivity contribution in [3.63, 3.8) is 0 Å². The minimum atomic E-state index is -0.694. The highest BCUT2D eigenvalue weighted by Crippen LogP contribution is 2.18. The van der Waals surface area contributed by atoms with Crippen molar-refractivity contribution in [2.45, 2.75) is 45.6 Å². The van der Waals surface area contributed by atoms with Crippen LogP contribution in [0.2, 0.25) is 0 Å². The molecule has 0 radical (unpaired) electrons. The number of piperidine rings is 1. The number of hydrogen-bond acceptors (Lipinski definition) is 2. The Bertz CT molecular complexity index is 450. The van der Waals surface area contributed by atoms with E-state index in [1.165, 1.54) is 17.5 Å². The third-order valence-electron chi connectivity index (χ3n) is 4.12. The van der Waals surface area contributed by atoms with Crippen molar-refractivity contribution in [3.05, 3.63) is 34.9 Å². The van der Waals surface area contributed by atoms with E-state index in [1.54, 1.807) is 0 Å². The molecule has 2 rings (SSSR count). The normalized spacial score (nSPS) is 18.2. The van der Waals surface area contributed by atoms with Crippen LogP contribution in [-0.4, -0.2) is 35.1 Å². The summed E-state index contributed by atoms with van der Waals surface area (Å²) >= 11 is 0.